The quantitative estimate of drug-likeness (QED) is 0.782. The summed E-state index contributed by atoms with van der Waals surface area (Å²) in [5.41, 5.74) is 0. The minimum absolute atomic E-state index is 0.124. The molecule has 0 radical (unpaired) electrons. The van der Waals surface area contributed by atoms with Crippen LogP contribution in [0.2, 0.25) is 0 Å². The summed E-state index contributed by atoms with van der Waals surface area (Å²) in [4.78, 5) is 11.1. The maximum absolute atomic E-state index is 13.0. The standard InChI is InChI=1S/C9H9F2NOS/c1-12-9(13)5-14-8-3-2-6(10)4-7(8)11/h2-4H,5H2,1H3,(H,12,13). The first-order valence-electron chi connectivity index (χ1n) is 3.92. The van der Waals surface area contributed by atoms with Gasteiger partial charge in [0.15, 0.2) is 0 Å². The Morgan fingerprint density at radius 2 is 2.21 bits per heavy atom. The molecule has 1 amide bonds. The van der Waals surface area contributed by atoms with E-state index in [0.29, 0.717) is 0 Å². The third kappa shape index (κ3) is 2.99. The molecule has 0 saturated heterocycles. The van der Waals surface area contributed by atoms with Gasteiger partial charge in [-0.2, -0.15) is 0 Å². The predicted octanol–water partition coefficient (Wildman–Crippen LogP) is 1.80. The molecule has 0 bridgehead atoms. The highest BCUT2D eigenvalue weighted by Gasteiger charge is 2.06. The first-order chi connectivity index (χ1) is 6.63. The lowest BCUT2D eigenvalue weighted by molar-refractivity contribution is -0.118. The molecule has 0 spiro atoms. The molecule has 5 heteroatoms. The molecule has 2 nitrogen and oxygen atoms in total. The molecule has 0 atom stereocenters. The van der Waals surface area contributed by atoms with Gasteiger partial charge in [0.1, 0.15) is 11.6 Å². The second kappa shape index (κ2) is 4.95. The Hall–Kier alpha value is -1.10. The smallest absolute Gasteiger partial charge is 0.230 e. The van der Waals surface area contributed by atoms with E-state index in [1.807, 2.05) is 0 Å². The van der Waals surface area contributed by atoms with E-state index >= 15 is 0 Å². The number of thioether (sulfide) groups is 1. The minimum Gasteiger partial charge on any atom is -0.358 e. The van der Waals surface area contributed by atoms with E-state index < -0.39 is 11.6 Å². The molecule has 1 rings (SSSR count). The number of hydrogen-bond donors (Lipinski definition) is 1. The van der Waals surface area contributed by atoms with Crippen LogP contribution in [0.1, 0.15) is 0 Å². The Labute approximate surface area is 84.7 Å². The fourth-order valence-corrected chi connectivity index (χ4v) is 1.60. The largest absolute Gasteiger partial charge is 0.358 e. The van der Waals surface area contributed by atoms with Gasteiger partial charge in [-0.3, -0.25) is 4.79 Å². The highest BCUT2D eigenvalue weighted by molar-refractivity contribution is 8.00. The SMILES string of the molecule is CNC(=O)CSc1ccc(F)cc1F. The van der Waals surface area contributed by atoms with Crippen molar-refractivity contribution >= 4 is 17.7 Å². The maximum Gasteiger partial charge on any atom is 0.230 e. The Balaban J connectivity index is 2.63. The van der Waals surface area contributed by atoms with Crippen LogP contribution in [0.3, 0.4) is 0 Å². The van der Waals surface area contributed by atoms with E-state index in [0.717, 1.165) is 23.9 Å². The zero-order valence-corrected chi connectivity index (χ0v) is 8.33. The fourth-order valence-electron chi connectivity index (χ4n) is 0.808. The number of amides is 1. The molecule has 1 aromatic carbocycles. The van der Waals surface area contributed by atoms with Crippen LogP contribution in [0.25, 0.3) is 0 Å². The summed E-state index contributed by atoms with van der Waals surface area (Å²) in [7, 11) is 1.50. The van der Waals surface area contributed by atoms with Gasteiger partial charge in [0, 0.05) is 18.0 Å². The molecule has 76 valence electrons. The van der Waals surface area contributed by atoms with E-state index in [1.54, 1.807) is 0 Å². The van der Waals surface area contributed by atoms with Gasteiger partial charge in [0.25, 0.3) is 0 Å². The lowest BCUT2D eigenvalue weighted by atomic mass is 10.3. The van der Waals surface area contributed by atoms with Crippen LogP contribution in [-0.4, -0.2) is 18.7 Å². The second-order valence-electron chi connectivity index (χ2n) is 2.54. The summed E-state index contributed by atoms with van der Waals surface area (Å²) in [6.45, 7) is 0. The van der Waals surface area contributed by atoms with Gasteiger partial charge in [-0.25, -0.2) is 8.78 Å². The lowest BCUT2D eigenvalue weighted by Crippen LogP contribution is -2.19. The molecule has 0 aliphatic carbocycles. The lowest BCUT2D eigenvalue weighted by Gasteiger charge is -2.01. The van der Waals surface area contributed by atoms with Gasteiger partial charge in [0.2, 0.25) is 5.91 Å². The zero-order chi connectivity index (χ0) is 10.6. The van der Waals surface area contributed by atoms with Crippen molar-refractivity contribution in [3.05, 3.63) is 29.8 Å². The number of benzene rings is 1. The number of rotatable bonds is 3. The number of carbonyl (C=O) groups is 1. The van der Waals surface area contributed by atoms with E-state index in [4.69, 9.17) is 0 Å². The molecule has 14 heavy (non-hydrogen) atoms. The van der Waals surface area contributed by atoms with Crippen molar-refractivity contribution in [3.63, 3.8) is 0 Å². The van der Waals surface area contributed by atoms with Gasteiger partial charge < -0.3 is 5.32 Å². The van der Waals surface area contributed by atoms with Crippen molar-refractivity contribution in [2.45, 2.75) is 4.90 Å². The molecule has 0 fully saturated rings. The van der Waals surface area contributed by atoms with Crippen LogP contribution in [0, 0.1) is 11.6 Å². The zero-order valence-electron chi connectivity index (χ0n) is 7.51. The van der Waals surface area contributed by atoms with Crippen LogP contribution in [0.4, 0.5) is 8.78 Å². The van der Waals surface area contributed by atoms with Crippen LogP contribution in [0.5, 0.6) is 0 Å². The van der Waals surface area contributed by atoms with Crippen molar-refractivity contribution in [2.24, 2.45) is 0 Å². The molecule has 0 aromatic heterocycles. The number of halogens is 2. The third-order valence-electron chi connectivity index (χ3n) is 1.53. The normalized spacial score (nSPS) is 9.93. The number of nitrogens with one attached hydrogen (secondary N) is 1. The van der Waals surface area contributed by atoms with Gasteiger partial charge >= 0.3 is 0 Å². The molecular formula is C9H9F2NOS. The van der Waals surface area contributed by atoms with Crippen LogP contribution in [-0.2, 0) is 4.79 Å². The third-order valence-corrected chi connectivity index (χ3v) is 2.58. The number of hydrogen-bond acceptors (Lipinski definition) is 2. The first-order valence-corrected chi connectivity index (χ1v) is 4.90. The molecule has 0 aliphatic rings. The molecule has 1 aromatic rings. The summed E-state index contributed by atoms with van der Waals surface area (Å²) in [5.74, 6) is -1.33. The molecule has 0 saturated carbocycles. The summed E-state index contributed by atoms with van der Waals surface area (Å²) < 4.78 is 25.5. The first kappa shape index (κ1) is 11.0. The summed E-state index contributed by atoms with van der Waals surface area (Å²) in [6.07, 6.45) is 0. The Kier molecular flexibility index (Phi) is 3.88. The monoisotopic (exact) mass is 217 g/mol. The average Bonchev–Trinajstić information content (AvgIpc) is 2.16. The van der Waals surface area contributed by atoms with Crippen molar-refractivity contribution in [2.75, 3.05) is 12.8 Å². The van der Waals surface area contributed by atoms with Crippen LogP contribution in [0.15, 0.2) is 23.1 Å². The fraction of sp³-hybridized carbons (Fsp3) is 0.222. The topological polar surface area (TPSA) is 29.1 Å². The minimum atomic E-state index is -0.640. The summed E-state index contributed by atoms with van der Waals surface area (Å²) in [6, 6.07) is 3.28. The molecule has 0 unspecified atom stereocenters. The van der Waals surface area contributed by atoms with E-state index in [2.05, 4.69) is 5.32 Å². The van der Waals surface area contributed by atoms with Crippen molar-refractivity contribution in [1.29, 1.82) is 0 Å². The highest BCUT2D eigenvalue weighted by atomic mass is 32.2. The van der Waals surface area contributed by atoms with Gasteiger partial charge in [-0.1, -0.05) is 0 Å². The van der Waals surface area contributed by atoms with E-state index in [1.165, 1.54) is 13.1 Å². The van der Waals surface area contributed by atoms with Crippen molar-refractivity contribution in [1.82, 2.24) is 5.32 Å². The summed E-state index contributed by atoms with van der Waals surface area (Å²) >= 11 is 1.03. The van der Waals surface area contributed by atoms with Gasteiger partial charge in [-0.15, -0.1) is 11.8 Å². The Morgan fingerprint density at radius 3 is 2.79 bits per heavy atom. The molecular weight excluding hydrogens is 208 g/mol. The number of carbonyl (C=O) groups excluding carboxylic acids is 1. The van der Waals surface area contributed by atoms with Crippen LogP contribution >= 0.6 is 11.8 Å². The van der Waals surface area contributed by atoms with Crippen molar-refractivity contribution in [3.8, 4) is 0 Å². The molecule has 0 heterocycles. The van der Waals surface area contributed by atoms with E-state index in [-0.39, 0.29) is 16.6 Å². The van der Waals surface area contributed by atoms with Crippen molar-refractivity contribution < 1.29 is 13.6 Å². The molecule has 1 N–H and O–H groups in total. The Morgan fingerprint density at radius 1 is 1.50 bits per heavy atom. The predicted molar refractivity (Wildman–Crippen MR) is 51.1 cm³/mol. The highest BCUT2D eigenvalue weighted by Crippen LogP contribution is 2.21. The van der Waals surface area contributed by atoms with Crippen LogP contribution < -0.4 is 5.32 Å². The van der Waals surface area contributed by atoms with E-state index in [9.17, 15) is 13.6 Å². The molecule has 0 aliphatic heterocycles. The second-order valence-corrected chi connectivity index (χ2v) is 3.55. The summed E-state index contributed by atoms with van der Waals surface area (Å²) in [5, 5.41) is 2.41. The average molecular weight is 217 g/mol. The van der Waals surface area contributed by atoms with Gasteiger partial charge in [0.05, 0.1) is 5.75 Å². The Bertz CT molecular complexity index is 344. The van der Waals surface area contributed by atoms with Gasteiger partial charge in [-0.05, 0) is 12.1 Å². The maximum atomic E-state index is 13.0.